The number of carboxylic acids is 1. The van der Waals surface area contributed by atoms with Gasteiger partial charge in [0.05, 0.1) is 0 Å². The third-order valence-corrected chi connectivity index (χ3v) is 4.93. The maximum atomic E-state index is 11.8. The predicted octanol–water partition coefficient (Wildman–Crippen LogP) is 3.57. The molecule has 0 spiro atoms. The fraction of sp³-hybridized carbons (Fsp3) is 0.500. The SMILES string of the molecule is CC(C)(C)C(Br)C[C@H](NC(=O)OCc1ccccc1)C(=O)O. The standard InChI is InChI=1S/C16H22BrNO4/c1-16(2,3)13(17)9-12(14(19)20)18-15(21)22-10-11-7-5-4-6-8-11/h4-8,12-13H,9-10H2,1-3H3,(H,18,21)(H,19,20)/t12-,13?/m0/s1. The van der Waals surface area contributed by atoms with Gasteiger partial charge < -0.3 is 15.2 Å². The van der Waals surface area contributed by atoms with Crippen molar-refractivity contribution < 1.29 is 19.4 Å². The summed E-state index contributed by atoms with van der Waals surface area (Å²) in [6, 6.07) is 8.22. The zero-order chi connectivity index (χ0) is 16.8. The van der Waals surface area contributed by atoms with E-state index in [2.05, 4.69) is 21.2 Å². The molecule has 0 saturated heterocycles. The molecule has 0 radical (unpaired) electrons. The molecule has 5 nitrogen and oxygen atoms in total. The van der Waals surface area contributed by atoms with E-state index in [1.54, 1.807) is 0 Å². The van der Waals surface area contributed by atoms with Crippen LogP contribution in [0, 0.1) is 5.41 Å². The lowest BCUT2D eigenvalue weighted by Crippen LogP contribution is -2.44. The highest BCUT2D eigenvalue weighted by atomic mass is 79.9. The smallest absolute Gasteiger partial charge is 0.408 e. The topological polar surface area (TPSA) is 75.6 Å². The third-order valence-electron chi connectivity index (χ3n) is 3.19. The van der Waals surface area contributed by atoms with Crippen LogP contribution in [-0.2, 0) is 16.1 Å². The minimum atomic E-state index is -1.08. The van der Waals surface area contributed by atoms with Gasteiger partial charge in [0.25, 0.3) is 0 Å². The van der Waals surface area contributed by atoms with Crippen molar-refractivity contribution >= 4 is 28.0 Å². The maximum Gasteiger partial charge on any atom is 0.408 e. The molecule has 122 valence electrons. The Hall–Kier alpha value is -1.56. The van der Waals surface area contributed by atoms with Crippen LogP contribution < -0.4 is 5.32 Å². The quantitative estimate of drug-likeness (QED) is 0.749. The average molecular weight is 372 g/mol. The van der Waals surface area contributed by atoms with Crippen LogP contribution >= 0.6 is 15.9 Å². The molecule has 1 amide bonds. The van der Waals surface area contributed by atoms with Gasteiger partial charge in [-0.1, -0.05) is 67.0 Å². The number of carbonyl (C=O) groups excluding carboxylic acids is 1. The van der Waals surface area contributed by atoms with Gasteiger partial charge in [0.1, 0.15) is 12.6 Å². The number of rotatable bonds is 6. The highest BCUT2D eigenvalue weighted by Crippen LogP contribution is 2.29. The van der Waals surface area contributed by atoms with Crippen LogP contribution in [0.2, 0.25) is 0 Å². The molecule has 1 unspecified atom stereocenters. The van der Waals surface area contributed by atoms with E-state index in [1.165, 1.54) is 0 Å². The molecule has 1 rings (SSSR count). The molecule has 2 N–H and O–H groups in total. The first-order valence-corrected chi connectivity index (χ1v) is 7.96. The number of benzene rings is 1. The fourth-order valence-corrected chi connectivity index (χ4v) is 2.06. The lowest BCUT2D eigenvalue weighted by atomic mass is 9.88. The average Bonchev–Trinajstić information content (AvgIpc) is 2.44. The molecule has 1 aromatic rings. The first-order chi connectivity index (χ1) is 10.2. The Kier molecular flexibility index (Phi) is 6.87. The Labute approximate surface area is 139 Å². The lowest BCUT2D eigenvalue weighted by molar-refractivity contribution is -0.139. The molecule has 0 aliphatic heterocycles. The van der Waals surface area contributed by atoms with E-state index in [0.29, 0.717) is 0 Å². The molecule has 6 heteroatoms. The molecular weight excluding hydrogens is 350 g/mol. The van der Waals surface area contributed by atoms with Crippen molar-refractivity contribution in [2.75, 3.05) is 0 Å². The fourth-order valence-electron chi connectivity index (χ4n) is 1.69. The Bertz CT molecular complexity index is 499. The maximum absolute atomic E-state index is 11.8. The van der Waals surface area contributed by atoms with Crippen molar-refractivity contribution in [1.82, 2.24) is 5.32 Å². The summed E-state index contributed by atoms with van der Waals surface area (Å²) in [6.45, 7) is 6.10. The molecule has 0 saturated carbocycles. The second-order valence-electron chi connectivity index (χ2n) is 6.17. The normalized spacial score (nSPS) is 14.0. The molecule has 0 aliphatic carbocycles. The summed E-state index contributed by atoms with van der Waals surface area (Å²) in [5.41, 5.74) is 0.737. The van der Waals surface area contributed by atoms with E-state index in [-0.39, 0.29) is 23.3 Å². The van der Waals surface area contributed by atoms with Gasteiger partial charge in [0, 0.05) is 4.83 Å². The number of halogens is 1. The first kappa shape index (κ1) is 18.5. The van der Waals surface area contributed by atoms with Crippen LogP contribution in [-0.4, -0.2) is 28.0 Å². The lowest BCUT2D eigenvalue weighted by Gasteiger charge is -2.28. The van der Waals surface area contributed by atoms with Crippen molar-refractivity contribution in [2.45, 2.75) is 44.7 Å². The van der Waals surface area contributed by atoms with Crippen molar-refractivity contribution in [3.63, 3.8) is 0 Å². The summed E-state index contributed by atoms with van der Waals surface area (Å²) < 4.78 is 5.05. The first-order valence-electron chi connectivity index (χ1n) is 7.04. The monoisotopic (exact) mass is 371 g/mol. The number of ether oxygens (including phenoxy) is 1. The number of hydrogen-bond acceptors (Lipinski definition) is 3. The Morgan fingerprint density at radius 2 is 1.86 bits per heavy atom. The van der Waals surface area contributed by atoms with E-state index < -0.39 is 18.1 Å². The number of carbonyl (C=O) groups is 2. The number of carboxylic acid groups (broad SMARTS) is 1. The van der Waals surface area contributed by atoms with Gasteiger partial charge in [0.2, 0.25) is 0 Å². The molecule has 0 aliphatic rings. The number of alkyl halides is 1. The Balaban J connectivity index is 2.52. The number of amides is 1. The number of alkyl carbamates (subject to hydrolysis) is 1. The third kappa shape index (κ3) is 6.47. The minimum Gasteiger partial charge on any atom is -0.480 e. The molecule has 2 atom stereocenters. The molecule has 0 heterocycles. The van der Waals surface area contributed by atoms with Crippen molar-refractivity contribution in [2.24, 2.45) is 5.41 Å². The van der Waals surface area contributed by atoms with Crippen LogP contribution in [0.4, 0.5) is 4.79 Å². The van der Waals surface area contributed by atoms with Gasteiger partial charge >= 0.3 is 12.1 Å². The number of nitrogens with one attached hydrogen (secondary N) is 1. The van der Waals surface area contributed by atoms with Gasteiger partial charge in [0.15, 0.2) is 0 Å². The van der Waals surface area contributed by atoms with Crippen LogP contribution in [0.25, 0.3) is 0 Å². The van der Waals surface area contributed by atoms with E-state index in [0.717, 1.165) is 5.56 Å². The Morgan fingerprint density at radius 1 is 1.27 bits per heavy atom. The van der Waals surface area contributed by atoms with Crippen molar-refractivity contribution in [1.29, 1.82) is 0 Å². The zero-order valence-electron chi connectivity index (χ0n) is 13.0. The summed E-state index contributed by atoms with van der Waals surface area (Å²) >= 11 is 3.48. The summed E-state index contributed by atoms with van der Waals surface area (Å²) in [5.74, 6) is -1.08. The number of aliphatic carboxylic acids is 1. The predicted molar refractivity (Wildman–Crippen MR) is 88.0 cm³/mol. The largest absolute Gasteiger partial charge is 0.480 e. The van der Waals surface area contributed by atoms with Gasteiger partial charge in [-0.2, -0.15) is 0 Å². The molecule has 0 bridgehead atoms. The molecule has 0 fully saturated rings. The number of hydrogen-bond donors (Lipinski definition) is 2. The van der Waals surface area contributed by atoms with Crippen LogP contribution in [0.3, 0.4) is 0 Å². The van der Waals surface area contributed by atoms with Gasteiger partial charge in [-0.25, -0.2) is 9.59 Å². The molecule has 0 aromatic heterocycles. The second-order valence-corrected chi connectivity index (χ2v) is 7.27. The van der Waals surface area contributed by atoms with Gasteiger partial charge in [-0.3, -0.25) is 0 Å². The molecule has 1 aromatic carbocycles. The van der Waals surface area contributed by atoms with Gasteiger partial charge in [-0.05, 0) is 17.4 Å². The highest BCUT2D eigenvalue weighted by molar-refractivity contribution is 9.09. The van der Waals surface area contributed by atoms with E-state index in [1.807, 2.05) is 51.1 Å². The van der Waals surface area contributed by atoms with Crippen molar-refractivity contribution in [3.8, 4) is 0 Å². The van der Waals surface area contributed by atoms with E-state index in [4.69, 9.17) is 4.74 Å². The van der Waals surface area contributed by atoms with E-state index >= 15 is 0 Å². The zero-order valence-corrected chi connectivity index (χ0v) is 14.6. The Morgan fingerprint density at radius 3 is 2.36 bits per heavy atom. The summed E-state index contributed by atoms with van der Waals surface area (Å²) in [7, 11) is 0. The van der Waals surface area contributed by atoms with Gasteiger partial charge in [-0.15, -0.1) is 0 Å². The summed E-state index contributed by atoms with van der Waals surface area (Å²) in [6.07, 6.45) is -0.455. The van der Waals surface area contributed by atoms with Crippen LogP contribution in [0.5, 0.6) is 0 Å². The highest BCUT2D eigenvalue weighted by Gasteiger charge is 2.29. The molecular formula is C16H22BrNO4. The second kappa shape index (κ2) is 8.17. The molecule has 22 heavy (non-hydrogen) atoms. The van der Waals surface area contributed by atoms with E-state index in [9.17, 15) is 14.7 Å². The van der Waals surface area contributed by atoms with Crippen LogP contribution in [0.15, 0.2) is 30.3 Å². The van der Waals surface area contributed by atoms with Crippen molar-refractivity contribution in [3.05, 3.63) is 35.9 Å². The summed E-state index contributed by atoms with van der Waals surface area (Å²) in [4.78, 5) is 23.0. The summed E-state index contributed by atoms with van der Waals surface area (Å²) in [5, 5.41) is 11.6. The van der Waals surface area contributed by atoms with Crippen LogP contribution in [0.1, 0.15) is 32.8 Å². The minimum absolute atomic E-state index is 0.0458.